The molecule has 0 bridgehead atoms. The van der Waals surface area contributed by atoms with Crippen LogP contribution in [0, 0.1) is 0 Å². The highest BCUT2D eigenvalue weighted by Crippen LogP contribution is 2.20. The molecule has 7 heteroatoms. The Labute approximate surface area is 175 Å². The van der Waals surface area contributed by atoms with Crippen LogP contribution >= 0.6 is 0 Å². The first-order valence-electron chi connectivity index (χ1n) is 9.71. The maximum atomic E-state index is 12.4. The molecule has 1 aliphatic rings. The van der Waals surface area contributed by atoms with Gasteiger partial charge in [0.25, 0.3) is 0 Å². The van der Waals surface area contributed by atoms with Gasteiger partial charge in [0.1, 0.15) is 18.6 Å². The van der Waals surface area contributed by atoms with E-state index in [1.165, 1.54) is 35.6 Å². The number of hydrogen-bond acceptors (Lipinski definition) is 6. The van der Waals surface area contributed by atoms with Crippen LogP contribution in [0.3, 0.4) is 0 Å². The SMILES string of the molecule is CS(=O)(=O)c1ccc(COc2coc(CN3CCc4ccccc4C3)cc2=O)cc1. The summed E-state index contributed by atoms with van der Waals surface area (Å²) in [5.74, 6) is 0.735. The Morgan fingerprint density at radius 1 is 1.07 bits per heavy atom. The average Bonchev–Trinajstić information content (AvgIpc) is 2.73. The molecule has 6 nitrogen and oxygen atoms in total. The third kappa shape index (κ3) is 4.80. The minimum atomic E-state index is -3.24. The van der Waals surface area contributed by atoms with Gasteiger partial charge in [0, 0.05) is 25.4 Å². The molecule has 0 spiro atoms. The molecule has 2 aromatic carbocycles. The summed E-state index contributed by atoms with van der Waals surface area (Å²) in [4.78, 5) is 14.9. The largest absolute Gasteiger partial charge is 0.482 e. The highest BCUT2D eigenvalue weighted by molar-refractivity contribution is 7.90. The highest BCUT2D eigenvalue weighted by Gasteiger charge is 2.17. The summed E-state index contributed by atoms with van der Waals surface area (Å²) in [5.41, 5.74) is 3.22. The lowest BCUT2D eigenvalue weighted by atomic mass is 10.00. The van der Waals surface area contributed by atoms with E-state index in [9.17, 15) is 13.2 Å². The molecule has 4 rings (SSSR count). The molecule has 2 heterocycles. The van der Waals surface area contributed by atoms with Crippen LogP contribution in [0.2, 0.25) is 0 Å². The van der Waals surface area contributed by atoms with Gasteiger partial charge in [0.2, 0.25) is 11.2 Å². The van der Waals surface area contributed by atoms with Crippen molar-refractivity contribution in [3.8, 4) is 5.75 Å². The number of ether oxygens (including phenoxy) is 1. The summed E-state index contributed by atoms with van der Waals surface area (Å²) in [6.45, 7) is 2.47. The minimum absolute atomic E-state index is 0.134. The van der Waals surface area contributed by atoms with E-state index in [2.05, 4.69) is 23.1 Å². The zero-order valence-electron chi connectivity index (χ0n) is 16.7. The normalized spacial score (nSPS) is 14.3. The van der Waals surface area contributed by atoms with Crippen LogP contribution in [0.5, 0.6) is 5.75 Å². The topological polar surface area (TPSA) is 76.8 Å². The molecule has 0 amide bonds. The van der Waals surface area contributed by atoms with Crippen molar-refractivity contribution in [1.82, 2.24) is 4.90 Å². The first-order valence-corrected chi connectivity index (χ1v) is 11.6. The molecule has 0 saturated heterocycles. The maximum absolute atomic E-state index is 12.4. The number of rotatable bonds is 6. The molecule has 1 aromatic heterocycles. The lowest BCUT2D eigenvalue weighted by Crippen LogP contribution is -2.30. The van der Waals surface area contributed by atoms with Gasteiger partial charge in [-0.3, -0.25) is 9.69 Å². The highest BCUT2D eigenvalue weighted by atomic mass is 32.2. The van der Waals surface area contributed by atoms with Crippen molar-refractivity contribution in [2.24, 2.45) is 0 Å². The Morgan fingerprint density at radius 3 is 2.50 bits per heavy atom. The molecule has 1 aliphatic heterocycles. The zero-order valence-corrected chi connectivity index (χ0v) is 17.5. The standard InChI is InChI=1S/C23H23NO5S/c1-30(26,27)21-8-6-17(7-9-21)15-29-23-16-28-20(12-22(23)25)14-24-11-10-18-4-2-3-5-19(18)13-24/h2-9,12,16H,10-11,13-15H2,1H3. The molecular weight excluding hydrogens is 402 g/mol. The fourth-order valence-electron chi connectivity index (χ4n) is 3.53. The monoisotopic (exact) mass is 425 g/mol. The van der Waals surface area contributed by atoms with Crippen molar-refractivity contribution < 1.29 is 17.6 Å². The first kappa shape index (κ1) is 20.4. The van der Waals surface area contributed by atoms with Crippen LogP contribution in [0.4, 0.5) is 0 Å². The fourth-order valence-corrected chi connectivity index (χ4v) is 4.16. The van der Waals surface area contributed by atoms with E-state index in [0.29, 0.717) is 12.3 Å². The van der Waals surface area contributed by atoms with E-state index in [1.54, 1.807) is 12.1 Å². The quantitative estimate of drug-likeness (QED) is 0.604. The van der Waals surface area contributed by atoms with Crippen LogP contribution in [-0.2, 0) is 36.0 Å². The summed E-state index contributed by atoms with van der Waals surface area (Å²) in [6, 6.07) is 16.3. The Balaban J connectivity index is 1.37. The van der Waals surface area contributed by atoms with Crippen molar-refractivity contribution in [1.29, 1.82) is 0 Å². The minimum Gasteiger partial charge on any atom is -0.482 e. The molecule has 0 aliphatic carbocycles. The molecule has 0 saturated carbocycles. The van der Waals surface area contributed by atoms with Gasteiger partial charge in [-0.1, -0.05) is 36.4 Å². The molecule has 0 atom stereocenters. The van der Waals surface area contributed by atoms with Crippen LogP contribution in [0.25, 0.3) is 0 Å². The molecule has 156 valence electrons. The van der Waals surface area contributed by atoms with Crippen molar-refractivity contribution >= 4 is 9.84 Å². The van der Waals surface area contributed by atoms with Crippen LogP contribution in [0.1, 0.15) is 22.5 Å². The summed E-state index contributed by atoms with van der Waals surface area (Å²) < 4.78 is 34.2. The lowest BCUT2D eigenvalue weighted by Gasteiger charge is -2.28. The Kier molecular flexibility index (Phi) is 5.74. The molecule has 30 heavy (non-hydrogen) atoms. The number of benzene rings is 2. The molecule has 3 aromatic rings. The molecule has 0 N–H and O–H groups in total. The Hall–Kier alpha value is -2.90. The summed E-state index contributed by atoms with van der Waals surface area (Å²) in [7, 11) is -3.24. The van der Waals surface area contributed by atoms with Crippen molar-refractivity contribution in [3.63, 3.8) is 0 Å². The first-order chi connectivity index (χ1) is 14.4. The van der Waals surface area contributed by atoms with E-state index in [1.807, 2.05) is 6.07 Å². The molecule has 0 fully saturated rings. The molecule has 0 unspecified atom stereocenters. The average molecular weight is 426 g/mol. The summed E-state index contributed by atoms with van der Waals surface area (Å²) in [6.07, 6.45) is 3.49. The van der Waals surface area contributed by atoms with Gasteiger partial charge in [0.15, 0.2) is 9.84 Å². The van der Waals surface area contributed by atoms with Crippen molar-refractivity contribution in [3.05, 3.63) is 93.5 Å². The third-order valence-electron chi connectivity index (χ3n) is 5.19. The summed E-state index contributed by atoms with van der Waals surface area (Å²) in [5, 5.41) is 0. The maximum Gasteiger partial charge on any atom is 0.227 e. The van der Waals surface area contributed by atoms with E-state index in [4.69, 9.17) is 9.15 Å². The van der Waals surface area contributed by atoms with Crippen LogP contribution in [0.15, 0.2) is 75.0 Å². The van der Waals surface area contributed by atoms with Crippen molar-refractivity contribution in [2.75, 3.05) is 12.8 Å². The smallest absolute Gasteiger partial charge is 0.227 e. The van der Waals surface area contributed by atoms with Gasteiger partial charge >= 0.3 is 0 Å². The van der Waals surface area contributed by atoms with Gasteiger partial charge in [-0.2, -0.15) is 0 Å². The van der Waals surface area contributed by atoms with Gasteiger partial charge in [-0.25, -0.2) is 8.42 Å². The number of sulfone groups is 1. The van der Waals surface area contributed by atoms with E-state index < -0.39 is 9.84 Å². The second-order valence-corrected chi connectivity index (χ2v) is 9.52. The van der Waals surface area contributed by atoms with Crippen LogP contribution < -0.4 is 10.2 Å². The lowest BCUT2D eigenvalue weighted by molar-refractivity contribution is 0.220. The molecule has 0 radical (unpaired) electrons. The summed E-state index contributed by atoms with van der Waals surface area (Å²) >= 11 is 0. The van der Waals surface area contributed by atoms with Gasteiger partial charge in [-0.15, -0.1) is 0 Å². The fraction of sp³-hybridized carbons (Fsp3) is 0.261. The Morgan fingerprint density at radius 2 is 1.80 bits per heavy atom. The van der Waals surface area contributed by atoms with Gasteiger partial charge in [0.05, 0.1) is 11.4 Å². The van der Waals surface area contributed by atoms with E-state index in [0.717, 1.165) is 31.3 Å². The Bertz CT molecular complexity index is 1200. The number of hydrogen-bond donors (Lipinski definition) is 0. The second-order valence-electron chi connectivity index (χ2n) is 7.51. The van der Waals surface area contributed by atoms with E-state index >= 15 is 0 Å². The van der Waals surface area contributed by atoms with Gasteiger partial charge in [-0.05, 0) is 35.2 Å². The number of fused-ring (bicyclic) bond motifs is 1. The van der Waals surface area contributed by atoms with Gasteiger partial charge < -0.3 is 9.15 Å². The van der Waals surface area contributed by atoms with E-state index in [-0.39, 0.29) is 22.7 Å². The molecular formula is C23H23NO5S. The van der Waals surface area contributed by atoms with Crippen LogP contribution in [-0.4, -0.2) is 26.1 Å². The number of nitrogens with zero attached hydrogens (tertiary/aromatic N) is 1. The predicted molar refractivity (Wildman–Crippen MR) is 113 cm³/mol. The van der Waals surface area contributed by atoms with Crippen molar-refractivity contribution in [2.45, 2.75) is 31.0 Å². The second kappa shape index (κ2) is 8.45. The zero-order chi connectivity index (χ0) is 21.1. The third-order valence-corrected chi connectivity index (χ3v) is 6.32. The predicted octanol–water partition coefficient (Wildman–Crippen LogP) is 3.18.